The highest BCUT2D eigenvalue weighted by molar-refractivity contribution is 8.00. The van der Waals surface area contributed by atoms with Gasteiger partial charge in [-0.05, 0) is 18.1 Å². The lowest BCUT2D eigenvalue weighted by molar-refractivity contribution is -0.120. The van der Waals surface area contributed by atoms with Crippen LogP contribution < -0.4 is 10.9 Å². The van der Waals surface area contributed by atoms with Gasteiger partial charge in [0, 0.05) is 18.3 Å². The molecule has 0 spiro atoms. The molecule has 5 nitrogen and oxygen atoms in total. The van der Waals surface area contributed by atoms with Crippen molar-refractivity contribution in [2.24, 2.45) is 0 Å². The van der Waals surface area contributed by atoms with E-state index in [0.717, 1.165) is 11.1 Å². The van der Waals surface area contributed by atoms with E-state index in [1.54, 1.807) is 6.92 Å². The van der Waals surface area contributed by atoms with Crippen molar-refractivity contribution in [3.63, 3.8) is 0 Å². The maximum Gasteiger partial charge on any atom is 0.251 e. The average molecular weight is 365 g/mol. The third kappa shape index (κ3) is 4.83. The van der Waals surface area contributed by atoms with Crippen LogP contribution in [0.2, 0.25) is 0 Å². The van der Waals surface area contributed by atoms with E-state index in [9.17, 15) is 9.59 Å². The van der Waals surface area contributed by atoms with Gasteiger partial charge in [-0.25, -0.2) is 4.98 Å². The van der Waals surface area contributed by atoms with Gasteiger partial charge in [0.1, 0.15) is 5.25 Å². The molecule has 0 fully saturated rings. The van der Waals surface area contributed by atoms with Crippen molar-refractivity contribution in [1.82, 2.24) is 15.3 Å². The second-order valence-corrected chi connectivity index (χ2v) is 6.90. The van der Waals surface area contributed by atoms with Gasteiger partial charge in [0.2, 0.25) is 5.91 Å². The zero-order chi connectivity index (χ0) is 18.4. The van der Waals surface area contributed by atoms with E-state index in [0.29, 0.717) is 17.4 Å². The number of nitrogens with one attached hydrogen (secondary N) is 2. The number of amides is 1. The maximum absolute atomic E-state index is 12.8. The fourth-order valence-corrected chi connectivity index (χ4v) is 3.56. The molecule has 1 amide bonds. The van der Waals surface area contributed by atoms with Crippen LogP contribution in [0.25, 0.3) is 0 Å². The third-order valence-electron chi connectivity index (χ3n) is 3.73. The molecule has 2 N–H and O–H groups in total. The fraction of sp³-hybridized carbons (Fsp3) is 0.150. The summed E-state index contributed by atoms with van der Waals surface area (Å²) in [5.74, 6) is -0.130. The lowest BCUT2D eigenvalue weighted by Gasteiger charge is -2.16. The van der Waals surface area contributed by atoms with Crippen LogP contribution >= 0.6 is 11.8 Å². The zero-order valence-corrected chi connectivity index (χ0v) is 15.1. The molecular formula is C20H19N3O2S. The van der Waals surface area contributed by atoms with E-state index in [2.05, 4.69) is 15.3 Å². The van der Waals surface area contributed by atoms with Gasteiger partial charge in [-0.1, -0.05) is 72.4 Å². The first kappa shape index (κ1) is 17.9. The highest BCUT2D eigenvalue weighted by Crippen LogP contribution is 2.33. The predicted molar refractivity (Wildman–Crippen MR) is 103 cm³/mol. The van der Waals surface area contributed by atoms with Gasteiger partial charge >= 0.3 is 0 Å². The number of benzene rings is 2. The maximum atomic E-state index is 12.8. The highest BCUT2D eigenvalue weighted by Gasteiger charge is 2.23. The molecule has 132 valence electrons. The Morgan fingerprint density at radius 3 is 2.42 bits per heavy atom. The van der Waals surface area contributed by atoms with Crippen molar-refractivity contribution >= 4 is 17.7 Å². The smallest absolute Gasteiger partial charge is 0.251 e. The van der Waals surface area contributed by atoms with E-state index >= 15 is 0 Å². The first-order chi connectivity index (χ1) is 12.6. The number of carbonyl (C=O) groups excluding carboxylic acids is 1. The number of aryl methyl sites for hydroxylation is 1. The fourth-order valence-electron chi connectivity index (χ4n) is 2.50. The number of rotatable bonds is 6. The quantitative estimate of drug-likeness (QED) is 0.519. The molecule has 2 aromatic carbocycles. The number of hydrogen-bond acceptors (Lipinski definition) is 4. The van der Waals surface area contributed by atoms with Gasteiger partial charge in [0.15, 0.2) is 5.16 Å². The molecule has 3 aromatic rings. The molecule has 0 saturated carbocycles. The van der Waals surface area contributed by atoms with Gasteiger partial charge in [0.05, 0.1) is 0 Å². The molecule has 0 radical (unpaired) electrons. The Balaban J connectivity index is 1.81. The van der Waals surface area contributed by atoms with Crippen LogP contribution in [0, 0.1) is 6.92 Å². The molecule has 0 aliphatic rings. The van der Waals surface area contributed by atoms with E-state index in [1.165, 1.54) is 17.8 Å². The predicted octanol–water partition coefficient (Wildman–Crippen LogP) is 3.23. The largest absolute Gasteiger partial charge is 0.351 e. The zero-order valence-electron chi connectivity index (χ0n) is 14.3. The van der Waals surface area contributed by atoms with Gasteiger partial charge in [-0.3, -0.25) is 9.59 Å². The van der Waals surface area contributed by atoms with Gasteiger partial charge in [-0.2, -0.15) is 0 Å². The third-order valence-corrected chi connectivity index (χ3v) is 4.87. The number of carbonyl (C=O) groups is 1. The standard InChI is InChI=1S/C20H19N3O2S/c1-14-12-17(24)23-20(22-14)26-18(16-10-6-3-7-11-16)19(25)21-13-15-8-4-2-5-9-15/h2-12,18H,13H2,1H3,(H,21,25)(H,22,23,24). The Morgan fingerprint density at radius 1 is 1.12 bits per heavy atom. The van der Waals surface area contributed by atoms with E-state index in [1.807, 2.05) is 60.7 Å². The summed E-state index contributed by atoms with van der Waals surface area (Å²) < 4.78 is 0. The molecule has 6 heteroatoms. The Labute approximate surface area is 155 Å². The van der Waals surface area contributed by atoms with Gasteiger partial charge in [-0.15, -0.1) is 0 Å². The number of thioether (sulfide) groups is 1. The summed E-state index contributed by atoms with van der Waals surface area (Å²) in [6, 6.07) is 20.6. The summed E-state index contributed by atoms with van der Waals surface area (Å²) in [6.45, 7) is 2.20. The normalized spacial score (nSPS) is 11.7. The van der Waals surface area contributed by atoms with Crippen LogP contribution in [-0.2, 0) is 11.3 Å². The highest BCUT2D eigenvalue weighted by atomic mass is 32.2. The molecule has 1 heterocycles. The monoisotopic (exact) mass is 365 g/mol. The molecule has 3 rings (SSSR count). The van der Waals surface area contributed by atoms with Crippen LogP contribution in [-0.4, -0.2) is 15.9 Å². The lowest BCUT2D eigenvalue weighted by Crippen LogP contribution is -2.27. The molecule has 0 saturated heterocycles. The number of aromatic amines is 1. The van der Waals surface area contributed by atoms with E-state index in [4.69, 9.17) is 0 Å². The Morgan fingerprint density at radius 2 is 1.77 bits per heavy atom. The minimum absolute atomic E-state index is 0.130. The molecule has 0 aliphatic heterocycles. The Bertz CT molecular complexity index is 927. The number of hydrogen-bond donors (Lipinski definition) is 2. The van der Waals surface area contributed by atoms with Crippen molar-refractivity contribution < 1.29 is 4.79 Å². The minimum Gasteiger partial charge on any atom is -0.351 e. The molecular weight excluding hydrogens is 346 g/mol. The summed E-state index contributed by atoms with van der Waals surface area (Å²) in [4.78, 5) is 31.6. The van der Waals surface area contributed by atoms with Crippen LogP contribution in [0.3, 0.4) is 0 Å². The molecule has 1 unspecified atom stereocenters. The molecule has 0 bridgehead atoms. The van der Waals surface area contributed by atoms with Crippen molar-refractivity contribution in [2.45, 2.75) is 23.9 Å². The summed E-state index contributed by atoms with van der Waals surface area (Å²) in [5, 5.41) is 2.89. The Hall–Kier alpha value is -2.86. The van der Waals surface area contributed by atoms with Gasteiger partial charge < -0.3 is 10.3 Å². The van der Waals surface area contributed by atoms with E-state index in [-0.39, 0.29) is 11.5 Å². The first-order valence-corrected chi connectivity index (χ1v) is 9.11. The lowest BCUT2D eigenvalue weighted by atomic mass is 10.1. The number of H-pyrrole nitrogens is 1. The summed E-state index contributed by atoms with van der Waals surface area (Å²) in [7, 11) is 0. The average Bonchev–Trinajstić information content (AvgIpc) is 2.65. The van der Waals surface area contributed by atoms with Gasteiger partial charge in [0.25, 0.3) is 5.56 Å². The van der Waals surface area contributed by atoms with Crippen molar-refractivity contribution in [1.29, 1.82) is 0 Å². The molecule has 1 aromatic heterocycles. The Kier molecular flexibility index (Phi) is 5.86. The molecule has 26 heavy (non-hydrogen) atoms. The van der Waals surface area contributed by atoms with Crippen LogP contribution in [0.4, 0.5) is 0 Å². The molecule has 1 atom stereocenters. The summed E-state index contributed by atoms with van der Waals surface area (Å²) in [5.41, 5.74) is 2.27. The SMILES string of the molecule is Cc1cc(=O)[nH]c(SC(C(=O)NCc2ccccc2)c2ccccc2)n1. The number of aromatic nitrogens is 2. The molecule has 0 aliphatic carbocycles. The second-order valence-electron chi connectivity index (χ2n) is 5.80. The van der Waals surface area contributed by atoms with Crippen molar-refractivity contribution in [3.05, 3.63) is 93.9 Å². The first-order valence-electron chi connectivity index (χ1n) is 8.23. The van der Waals surface area contributed by atoms with Crippen LogP contribution in [0.5, 0.6) is 0 Å². The van der Waals surface area contributed by atoms with Crippen molar-refractivity contribution in [3.8, 4) is 0 Å². The topological polar surface area (TPSA) is 74.8 Å². The van der Waals surface area contributed by atoms with Crippen molar-refractivity contribution in [2.75, 3.05) is 0 Å². The second kappa shape index (κ2) is 8.49. The van der Waals surface area contributed by atoms with Crippen LogP contribution in [0.1, 0.15) is 22.1 Å². The summed E-state index contributed by atoms with van der Waals surface area (Å²) >= 11 is 1.23. The number of nitrogens with zero attached hydrogens (tertiary/aromatic N) is 1. The minimum atomic E-state index is -0.509. The summed E-state index contributed by atoms with van der Waals surface area (Å²) in [6.07, 6.45) is 0. The van der Waals surface area contributed by atoms with E-state index < -0.39 is 5.25 Å². The van der Waals surface area contributed by atoms with Crippen LogP contribution in [0.15, 0.2) is 76.7 Å².